The van der Waals surface area contributed by atoms with Gasteiger partial charge in [-0.15, -0.1) is 10.2 Å². The molecule has 2 aromatic rings. The maximum absolute atomic E-state index is 13.5. The van der Waals surface area contributed by atoms with Gasteiger partial charge in [0.2, 0.25) is 11.1 Å². The Bertz CT molecular complexity index is 723. The number of nitrogen functional groups attached to an aromatic ring is 1. The molecule has 0 atom stereocenters. The van der Waals surface area contributed by atoms with E-state index in [0.29, 0.717) is 22.2 Å². The minimum absolute atomic E-state index is 0.106. The number of nitrogens with two attached hydrogens (primary N) is 1. The molecule has 1 aromatic heterocycles. The van der Waals surface area contributed by atoms with Crippen LogP contribution in [0, 0.1) is 12.7 Å². The van der Waals surface area contributed by atoms with E-state index in [2.05, 4.69) is 15.5 Å². The van der Waals surface area contributed by atoms with Gasteiger partial charge in [0, 0.05) is 11.1 Å². The number of halogens is 1. The average Bonchev–Trinajstić information content (AvgIpc) is 2.82. The van der Waals surface area contributed by atoms with Gasteiger partial charge in [-0.2, -0.15) is 0 Å². The molecule has 1 aromatic carbocycles. The summed E-state index contributed by atoms with van der Waals surface area (Å²) in [4.78, 5) is 11.9. The Hall–Kier alpha value is -2.09. The number of hydrogen-bond acceptors (Lipinski definition) is 5. The maximum atomic E-state index is 13.5. The highest BCUT2D eigenvalue weighted by molar-refractivity contribution is 7.99. The predicted molar refractivity (Wildman–Crippen MR) is 89.4 cm³/mol. The fourth-order valence-corrected chi connectivity index (χ4v) is 2.54. The van der Waals surface area contributed by atoms with Gasteiger partial charge in [-0.3, -0.25) is 4.79 Å². The van der Waals surface area contributed by atoms with Crippen LogP contribution >= 0.6 is 11.8 Å². The highest BCUT2D eigenvalue weighted by Crippen LogP contribution is 2.23. The van der Waals surface area contributed by atoms with Crippen LogP contribution in [-0.4, -0.2) is 26.5 Å². The molecule has 23 heavy (non-hydrogen) atoms. The van der Waals surface area contributed by atoms with E-state index in [0.717, 1.165) is 0 Å². The van der Waals surface area contributed by atoms with E-state index >= 15 is 0 Å². The van der Waals surface area contributed by atoms with Crippen LogP contribution < -0.4 is 11.2 Å². The maximum Gasteiger partial charge on any atom is 0.234 e. The van der Waals surface area contributed by atoms with E-state index in [1.807, 2.05) is 20.8 Å². The van der Waals surface area contributed by atoms with Gasteiger partial charge < -0.3 is 11.2 Å². The summed E-state index contributed by atoms with van der Waals surface area (Å²) in [5.41, 5.74) is 0.717. The molecule has 6 nitrogen and oxygen atoms in total. The van der Waals surface area contributed by atoms with Crippen molar-refractivity contribution in [2.75, 3.05) is 16.9 Å². The highest BCUT2D eigenvalue weighted by Gasteiger charge is 2.23. The molecule has 0 radical (unpaired) electrons. The fourth-order valence-electron chi connectivity index (χ4n) is 1.88. The number of nitrogens with one attached hydrogen (secondary N) is 1. The second kappa shape index (κ2) is 6.57. The monoisotopic (exact) mass is 337 g/mol. The number of thioether (sulfide) groups is 1. The predicted octanol–water partition coefficient (Wildman–Crippen LogP) is 2.47. The molecule has 2 rings (SSSR count). The van der Waals surface area contributed by atoms with Gasteiger partial charge in [0.1, 0.15) is 5.82 Å². The lowest BCUT2D eigenvalue weighted by Crippen LogP contribution is -2.24. The Labute approximate surface area is 138 Å². The minimum atomic E-state index is -0.355. The first-order chi connectivity index (χ1) is 10.7. The molecule has 0 spiro atoms. The van der Waals surface area contributed by atoms with Gasteiger partial charge in [-0.1, -0.05) is 38.6 Å². The van der Waals surface area contributed by atoms with Crippen molar-refractivity contribution in [1.29, 1.82) is 0 Å². The first-order valence-electron chi connectivity index (χ1n) is 7.08. The first kappa shape index (κ1) is 17.3. The fraction of sp³-hybridized carbons (Fsp3) is 0.400. The second-order valence-electron chi connectivity index (χ2n) is 6.23. The normalized spacial score (nSPS) is 11.5. The molecule has 0 aliphatic heterocycles. The van der Waals surface area contributed by atoms with Crippen molar-refractivity contribution >= 4 is 23.4 Å². The van der Waals surface area contributed by atoms with Crippen molar-refractivity contribution in [1.82, 2.24) is 14.9 Å². The molecule has 0 bridgehead atoms. The summed E-state index contributed by atoms with van der Waals surface area (Å²) in [5, 5.41) is 11.2. The Morgan fingerprint density at radius 3 is 2.65 bits per heavy atom. The summed E-state index contributed by atoms with van der Waals surface area (Å²) >= 11 is 1.18. The van der Waals surface area contributed by atoms with Gasteiger partial charge >= 0.3 is 0 Å². The Morgan fingerprint density at radius 2 is 2.09 bits per heavy atom. The lowest BCUT2D eigenvalue weighted by molar-refractivity contribution is -0.113. The highest BCUT2D eigenvalue weighted by atomic mass is 32.2. The zero-order valence-corrected chi connectivity index (χ0v) is 14.4. The molecule has 0 aliphatic carbocycles. The number of carbonyl (C=O) groups excluding carboxylic acids is 1. The van der Waals surface area contributed by atoms with Crippen LogP contribution in [0.25, 0.3) is 0 Å². The number of benzene rings is 1. The van der Waals surface area contributed by atoms with Gasteiger partial charge in [0.25, 0.3) is 0 Å². The van der Waals surface area contributed by atoms with Gasteiger partial charge in [0.05, 0.1) is 5.75 Å². The van der Waals surface area contributed by atoms with Crippen LogP contribution in [0.3, 0.4) is 0 Å². The van der Waals surface area contributed by atoms with Crippen LogP contribution in [0.2, 0.25) is 0 Å². The van der Waals surface area contributed by atoms with Crippen molar-refractivity contribution in [2.24, 2.45) is 0 Å². The number of aryl methyl sites for hydroxylation is 1. The largest absolute Gasteiger partial charge is 0.336 e. The number of rotatable bonds is 4. The van der Waals surface area contributed by atoms with Crippen LogP contribution in [-0.2, 0) is 10.2 Å². The Kier molecular flexibility index (Phi) is 4.93. The van der Waals surface area contributed by atoms with E-state index in [1.54, 1.807) is 19.1 Å². The van der Waals surface area contributed by atoms with Gasteiger partial charge in [-0.25, -0.2) is 9.07 Å². The first-order valence-corrected chi connectivity index (χ1v) is 8.07. The van der Waals surface area contributed by atoms with Gasteiger partial charge in [0.15, 0.2) is 5.82 Å². The summed E-state index contributed by atoms with van der Waals surface area (Å²) < 4.78 is 14.8. The quantitative estimate of drug-likeness (QED) is 0.661. The van der Waals surface area contributed by atoms with Crippen LogP contribution in [0.4, 0.5) is 10.1 Å². The second-order valence-corrected chi connectivity index (χ2v) is 7.17. The molecule has 3 N–H and O–H groups in total. The van der Waals surface area contributed by atoms with Crippen molar-refractivity contribution in [3.63, 3.8) is 0 Å². The Morgan fingerprint density at radius 1 is 1.39 bits per heavy atom. The van der Waals surface area contributed by atoms with Crippen molar-refractivity contribution in [3.05, 3.63) is 35.4 Å². The van der Waals surface area contributed by atoms with Gasteiger partial charge in [-0.05, 0) is 24.6 Å². The lowest BCUT2D eigenvalue weighted by atomic mass is 9.96. The van der Waals surface area contributed by atoms with Crippen LogP contribution in [0.1, 0.15) is 32.2 Å². The average molecular weight is 337 g/mol. The summed E-state index contributed by atoms with van der Waals surface area (Å²) in [5.74, 6) is 6.08. The number of nitrogens with zero attached hydrogens (tertiary/aromatic N) is 3. The molecule has 0 saturated carbocycles. The molecular weight excluding hydrogens is 317 g/mol. The standard InChI is InChI=1S/C15H20FN5OS/c1-9-5-6-10(7-11(9)16)18-12(22)8-23-14-20-19-13(21(14)17)15(2,3)4/h5-7H,8,17H2,1-4H3,(H,18,22). The molecule has 1 amide bonds. The molecule has 124 valence electrons. The summed E-state index contributed by atoms with van der Waals surface area (Å²) in [7, 11) is 0. The number of anilines is 1. The summed E-state index contributed by atoms with van der Waals surface area (Å²) in [6, 6.07) is 4.56. The van der Waals surface area contributed by atoms with Crippen molar-refractivity contribution in [2.45, 2.75) is 38.3 Å². The molecule has 0 aliphatic rings. The topological polar surface area (TPSA) is 85.8 Å². The number of hydrogen-bond donors (Lipinski definition) is 2. The van der Waals surface area contributed by atoms with Crippen molar-refractivity contribution < 1.29 is 9.18 Å². The summed E-state index contributed by atoms with van der Waals surface area (Å²) in [6.45, 7) is 7.60. The molecule has 1 heterocycles. The number of amides is 1. The third-order valence-electron chi connectivity index (χ3n) is 3.12. The zero-order valence-electron chi connectivity index (χ0n) is 13.6. The van der Waals surface area contributed by atoms with Crippen LogP contribution in [0.15, 0.2) is 23.4 Å². The molecule has 8 heteroatoms. The SMILES string of the molecule is Cc1ccc(NC(=O)CSc2nnc(C(C)(C)C)n2N)cc1F. The molecular formula is C15H20FN5OS. The number of carbonyl (C=O) groups is 1. The Balaban J connectivity index is 1.97. The lowest BCUT2D eigenvalue weighted by Gasteiger charge is -2.16. The zero-order chi connectivity index (χ0) is 17.2. The molecule has 0 saturated heterocycles. The van der Waals surface area contributed by atoms with E-state index in [9.17, 15) is 9.18 Å². The van der Waals surface area contributed by atoms with Crippen molar-refractivity contribution in [3.8, 4) is 0 Å². The molecule has 0 fully saturated rings. The van der Waals surface area contributed by atoms with E-state index in [4.69, 9.17) is 5.84 Å². The van der Waals surface area contributed by atoms with E-state index in [1.165, 1.54) is 22.5 Å². The van der Waals surface area contributed by atoms with Crippen LogP contribution in [0.5, 0.6) is 0 Å². The third-order valence-corrected chi connectivity index (χ3v) is 4.07. The number of aromatic nitrogens is 3. The third kappa shape index (κ3) is 4.22. The molecule has 0 unspecified atom stereocenters. The smallest absolute Gasteiger partial charge is 0.234 e. The van der Waals surface area contributed by atoms with E-state index < -0.39 is 0 Å². The summed E-state index contributed by atoms with van der Waals surface area (Å²) in [6.07, 6.45) is 0. The van der Waals surface area contributed by atoms with E-state index in [-0.39, 0.29) is 22.9 Å². The minimum Gasteiger partial charge on any atom is -0.336 e.